The molecule has 1 saturated carbocycles. The quantitative estimate of drug-likeness (QED) is 0.736. The van der Waals surface area contributed by atoms with E-state index in [1.165, 1.54) is 0 Å². The van der Waals surface area contributed by atoms with Crippen LogP contribution >= 0.6 is 0 Å². The summed E-state index contributed by atoms with van der Waals surface area (Å²) >= 11 is 0. The topological polar surface area (TPSA) is 26.0 Å². The van der Waals surface area contributed by atoms with Gasteiger partial charge in [-0.05, 0) is 51.0 Å². The van der Waals surface area contributed by atoms with E-state index >= 15 is 0 Å². The Kier molecular flexibility index (Phi) is 3.98. The molecule has 0 aromatic heterocycles. The van der Waals surface area contributed by atoms with E-state index in [0.717, 1.165) is 12.8 Å². The summed E-state index contributed by atoms with van der Waals surface area (Å²) in [6, 6.07) is 0. The first-order valence-corrected chi connectivity index (χ1v) is 5.35. The number of hydrogen-bond acceptors (Lipinski definition) is 1. The van der Waals surface area contributed by atoms with Gasteiger partial charge in [0.25, 0.3) is 0 Å². The first-order chi connectivity index (χ1) is 6.89. The van der Waals surface area contributed by atoms with E-state index in [2.05, 4.69) is 0 Å². The molecule has 1 rings (SSSR count). The summed E-state index contributed by atoms with van der Waals surface area (Å²) in [5.74, 6) is 0.222. The Morgan fingerprint density at radius 1 is 1.20 bits per heavy atom. The summed E-state index contributed by atoms with van der Waals surface area (Å²) in [4.78, 5) is 0. The molecule has 0 saturated heterocycles. The second-order valence-corrected chi connectivity index (χ2v) is 4.34. The molecule has 0 atom stereocenters. The molecule has 5 heteroatoms. The average Bonchev–Trinajstić information content (AvgIpc) is 2.15. The molecule has 0 aromatic carbocycles. The summed E-state index contributed by atoms with van der Waals surface area (Å²) < 4.78 is 50.4. The average molecular weight is 227 g/mol. The van der Waals surface area contributed by atoms with E-state index in [0.29, 0.717) is 19.4 Å². The van der Waals surface area contributed by atoms with E-state index in [-0.39, 0.29) is 18.8 Å². The van der Waals surface area contributed by atoms with E-state index in [4.69, 9.17) is 5.73 Å². The highest BCUT2D eigenvalue weighted by atomic mass is 19.4. The van der Waals surface area contributed by atoms with Gasteiger partial charge in [0.15, 0.2) is 0 Å². The lowest BCUT2D eigenvalue weighted by atomic mass is 9.78. The number of nitrogens with two attached hydrogens (primary N) is 1. The molecule has 1 aliphatic carbocycles. The van der Waals surface area contributed by atoms with Crippen molar-refractivity contribution in [2.45, 2.75) is 50.4 Å². The normalized spacial score (nSPS) is 33.0. The molecule has 0 aromatic rings. The van der Waals surface area contributed by atoms with Crippen LogP contribution in [0.25, 0.3) is 0 Å². The Morgan fingerprint density at radius 3 is 2.13 bits per heavy atom. The van der Waals surface area contributed by atoms with Gasteiger partial charge in [0.05, 0.1) is 0 Å². The third-order valence-corrected chi connectivity index (χ3v) is 3.22. The zero-order valence-electron chi connectivity index (χ0n) is 8.62. The van der Waals surface area contributed by atoms with Crippen LogP contribution in [0.2, 0.25) is 0 Å². The molecular formula is C10H17F4N. The van der Waals surface area contributed by atoms with Crippen molar-refractivity contribution >= 4 is 0 Å². The molecule has 0 heterocycles. The summed E-state index contributed by atoms with van der Waals surface area (Å²) in [5.41, 5.74) is 2.38. The van der Waals surface area contributed by atoms with Gasteiger partial charge in [-0.15, -0.1) is 0 Å². The summed E-state index contributed by atoms with van der Waals surface area (Å²) in [6.45, 7) is 0.552. The first-order valence-electron chi connectivity index (χ1n) is 5.35. The fourth-order valence-electron chi connectivity index (χ4n) is 2.11. The van der Waals surface area contributed by atoms with Crippen LogP contribution in [0.4, 0.5) is 17.6 Å². The smallest absolute Gasteiger partial charge is 0.330 e. The Hall–Kier alpha value is -0.320. The highest BCUT2D eigenvalue weighted by Gasteiger charge is 2.56. The predicted molar refractivity (Wildman–Crippen MR) is 50.1 cm³/mol. The number of alkyl halides is 4. The van der Waals surface area contributed by atoms with E-state index in [1.54, 1.807) is 0 Å². The SMILES string of the molecule is NCCCC1CCC(F)(C(F)(F)F)CC1. The minimum atomic E-state index is -4.70. The van der Waals surface area contributed by atoms with Crippen LogP contribution in [0.1, 0.15) is 38.5 Å². The summed E-state index contributed by atoms with van der Waals surface area (Å²) in [7, 11) is 0. The number of halogens is 4. The van der Waals surface area contributed by atoms with Crippen LogP contribution in [0.3, 0.4) is 0 Å². The molecule has 0 radical (unpaired) electrons. The molecule has 1 nitrogen and oxygen atoms in total. The molecule has 0 unspecified atom stereocenters. The van der Waals surface area contributed by atoms with E-state index in [9.17, 15) is 17.6 Å². The van der Waals surface area contributed by atoms with Gasteiger partial charge < -0.3 is 5.73 Å². The molecule has 2 N–H and O–H groups in total. The van der Waals surface area contributed by atoms with Crippen molar-refractivity contribution in [1.82, 2.24) is 0 Å². The van der Waals surface area contributed by atoms with Crippen molar-refractivity contribution < 1.29 is 17.6 Å². The number of rotatable bonds is 3. The van der Waals surface area contributed by atoms with Gasteiger partial charge in [0.1, 0.15) is 0 Å². The Labute approximate surface area is 87.0 Å². The van der Waals surface area contributed by atoms with Gasteiger partial charge in [-0.1, -0.05) is 0 Å². The summed E-state index contributed by atoms with van der Waals surface area (Å²) in [5, 5.41) is 0. The molecule has 0 amide bonds. The largest absolute Gasteiger partial charge is 0.422 e. The molecule has 1 fully saturated rings. The Balaban J connectivity index is 2.41. The van der Waals surface area contributed by atoms with Crippen LogP contribution < -0.4 is 5.73 Å². The molecular weight excluding hydrogens is 210 g/mol. The monoisotopic (exact) mass is 227 g/mol. The highest BCUT2D eigenvalue weighted by Crippen LogP contribution is 2.46. The molecule has 1 aliphatic rings. The maximum Gasteiger partial charge on any atom is 0.422 e. The van der Waals surface area contributed by atoms with Crippen LogP contribution in [0.5, 0.6) is 0 Å². The van der Waals surface area contributed by atoms with Crippen LogP contribution in [-0.4, -0.2) is 18.4 Å². The van der Waals surface area contributed by atoms with Crippen molar-refractivity contribution in [3.63, 3.8) is 0 Å². The Morgan fingerprint density at radius 2 is 1.73 bits per heavy atom. The highest BCUT2D eigenvalue weighted by molar-refractivity contribution is 4.91. The molecule has 15 heavy (non-hydrogen) atoms. The van der Waals surface area contributed by atoms with Gasteiger partial charge in [0, 0.05) is 0 Å². The summed E-state index contributed by atoms with van der Waals surface area (Å²) in [6.07, 6.45) is -3.17. The van der Waals surface area contributed by atoms with Crippen molar-refractivity contribution in [1.29, 1.82) is 0 Å². The minimum absolute atomic E-state index is 0.222. The first kappa shape index (κ1) is 12.7. The predicted octanol–water partition coefficient (Wildman–Crippen LogP) is 3.19. The standard InChI is InChI=1S/C10H17F4N/c11-9(10(12,13)14)5-3-8(4-6-9)2-1-7-15/h8H,1-7,15H2. The molecule has 0 spiro atoms. The van der Waals surface area contributed by atoms with Crippen LogP contribution in [0.15, 0.2) is 0 Å². The molecule has 0 bridgehead atoms. The van der Waals surface area contributed by atoms with Crippen molar-refractivity contribution in [2.75, 3.05) is 6.54 Å². The van der Waals surface area contributed by atoms with Gasteiger partial charge in [0.2, 0.25) is 5.67 Å². The van der Waals surface area contributed by atoms with Gasteiger partial charge in [-0.2, -0.15) is 13.2 Å². The third kappa shape index (κ3) is 3.06. The Bertz CT molecular complexity index is 194. The van der Waals surface area contributed by atoms with Crippen LogP contribution in [0, 0.1) is 5.92 Å². The fourth-order valence-corrected chi connectivity index (χ4v) is 2.11. The van der Waals surface area contributed by atoms with E-state index < -0.39 is 11.8 Å². The van der Waals surface area contributed by atoms with Gasteiger partial charge in [-0.25, -0.2) is 4.39 Å². The van der Waals surface area contributed by atoms with Crippen molar-refractivity contribution in [3.8, 4) is 0 Å². The zero-order chi connectivity index (χ0) is 11.5. The van der Waals surface area contributed by atoms with Gasteiger partial charge >= 0.3 is 6.18 Å². The van der Waals surface area contributed by atoms with E-state index in [1.807, 2.05) is 0 Å². The zero-order valence-corrected chi connectivity index (χ0v) is 8.62. The minimum Gasteiger partial charge on any atom is -0.330 e. The molecule has 0 aliphatic heterocycles. The number of hydrogen-bond donors (Lipinski definition) is 1. The van der Waals surface area contributed by atoms with Crippen LogP contribution in [-0.2, 0) is 0 Å². The lowest BCUT2D eigenvalue weighted by Crippen LogP contribution is -2.43. The maximum atomic E-state index is 13.4. The lowest BCUT2D eigenvalue weighted by molar-refractivity contribution is -0.242. The van der Waals surface area contributed by atoms with Crippen molar-refractivity contribution in [2.24, 2.45) is 11.7 Å². The lowest BCUT2D eigenvalue weighted by Gasteiger charge is -2.35. The third-order valence-electron chi connectivity index (χ3n) is 3.22. The molecule has 90 valence electrons. The van der Waals surface area contributed by atoms with Crippen molar-refractivity contribution in [3.05, 3.63) is 0 Å². The second-order valence-electron chi connectivity index (χ2n) is 4.34. The maximum absolute atomic E-state index is 13.4. The fraction of sp³-hybridized carbons (Fsp3) is 1.00. The van der Waals surface area contributed by atoms with Gasteiger partial charge in [-0.3, -0.25) is 0 Å². The second kappa shape index (κ2) is 4.68.